The van der Waals surface area contributed by atoms with Gasteiger partial charge in [0.05, 0.1) is 12.1 Å². The van der Waals surface area contributed by atoms with Gasteiger partial charge >= 0.3 is 18.2 Å². The number of hydrogen-bond donors (Lipinski definition) is 2. The molecule has 0 saturated carbocycles. The highest BCUT2D eigenvalue weighted by molar-refractivity contribution is 7.14. The summed E-state index contributed by atoms with van der Waals surface area (Å²) in [5.74, 6) is -1.90. The molecule has 0 spiro atoms. The van der Waals surface area contributed by atoms with Crippen LogP contribution in [0, 0.1) is 5.41 Å². The molecule has 15 nitrogen and oxygen atoms in total. The number of nitrogens with one attached hydrogen (secondary N) is 2. The normalized spacial score (nSPS) is 18.0. The average Bonchev–Trinajstić information content (AvgIpc) is 3.33. The fraction of sp³-hybridized carbons (Fsp3) is 0.700. The first-order valence-electron chi connectivity index (χ1n) is 15.3. The molecule has 2 rings (SSSR count). The third-order valence-electron chi connectivity index (χ3n) is 6.60. The minimum absolute atomic E-state index is 0.00424. The summed E-state index contributed by atoms with van der Waals surface area (Å²) in [6, 6.07) is -1.70. The Kier molecular flexibility index (Phi) is 13.4. The van der Waals surface area contributed by atoms with E-state index in [-0.39, 0.29) is 40.0 Å². The maximum Gasteiger partial charge on any atom is 0.508 e. The van der Waals surface area contributed by atoms with Gasteiger partial charge < -0.3 is 33.7 Å². The minimum atomic E-state index is -1.18. The van der Waals surface area contributed by atoms with Crippen LogP contribution in [0.5, 0.6) is 0 Å². The summed E-state index contributed by atoms with van der Waals surface area (Å²) in [5.41, 5.74) is -1.76. The zero-order valence-electron chi connectivity index (χ0n) is 29.3. The number of oxime groups is 1. The third kappa shape index (κ3) is 13.1. The lowest BCUT2D eigenvalue weighted by Gasteiger charge is -2.49. The van der Waals surface area contributed by atoms with Crippen LogP contribution in [0.2, 0.25) is 5.54 Å². The SMILES string of the molecule is CC(C)OC(=O)OCC1C(NC(=O)C(=NOCC(=O)OC(C)(C)C)c2csc(NC(=O)OC(C)(C)C)n2)C(=O)N1[SiH2]C(C)C(C)(C)C. The Balaban J connectivity index is 2.33. The molecule has 3 unspecified atom stereocenters. The number of β-lactam (4-membered cyclic amide) rings is 1. The van der Waals surface area contributed by atoms with Crippen LogP contribution in [0.4, 0.5) is 14.7 Å². The summed E-state index contributed by atoms with van der Waals surface area (Å²) in [7, 11) is -1.18. The first-order valence-corrected chi connectivity index (χ1v) is 17.6. The van der Waals surface area contributed by atoms with Crippen molar-refractivity contribution in [1.82, 2.24) is 14.9 Å². The number of rotatable bonds is 12. The van der Waals surface area contributed by atoms with E-state index in [2.05, 4.69) is 48.5 Å². The van der Waals surface area contributed by atoms with Crippen molar-refractivity contribution in [2.45, 2.75) is 118 Å². The van der Waals surface area contributed by atoms with Gasteiger partial charge in [0.2, 0.25) is 12.5 Å². The first-order chi connectivity index (χ1) is 21.5. The Morgan fingerprint density at radius 3 is 2.19 bits per heavy atom. The third-order valence-corrected chi connectivity index (χ3v) is 10.3. The number of carbonyl (C=O) groups excluding carboxylic acids is 5. The zero-order valence-corrected chi connectivity index (χ0v) is 31.6. The van der Waals surface area contributed by atoms with Crippen molar-refractivity contribution in [2.75, 3.05) is 18.5 Å². The topological polar surface area (TPSA) is 184 Å². The molecule has 264 valence electrons. The molecule has 0 aromatic carbocycles. The molecule has 3 atom stereocenters. The van der Waals surface area contributed by atoms with Crippen LogP contribution in [-0.4, -0.2) is 97.6 Å². The predicted molar refractivity (Wildman–Crippen MR) is 178 cm³/mol. The highest BCUT2D eigenvalue weighted by Crippen LogP contribution is 2.33. The smallest absolute Gasteiger partial charge is 0.457 e. The molecule has 1 fully saturated rings. The fourth-order valence-electron chi connectivity index (χ4n) is 3.89. The summed E-state index contributed by atoms with van der Waals surface area (Å²) in [6.07, 6.45) is -2.05. The van der Waals surface area contributed by atoms with Gasteiger partial charge in [-0.05, 0) is 66.3 Å². The molecule has 1 aliphatic rings. The lowest BCUT2D eigenvalue weighted by Crippen LogP contribution is -2.74. The zero-order chi connectivity index (χ0) is 35.9. The van der Waals surface area contributed by atoms with E-state index in [1.807, 2.05) is 0 Å². The van der Waals surface area contributed by atoms with Gasteiger partial charge in [-0.15, -0.1) is 11.3 Å². The van der Waals surface area contributed by atoms with Crippen LogP contribution in [0.1, 0.15) is 88.8 Å². The number of amides is 3. The van der Waals surface area contributed by atoms with E-state index < -0.39 is 69.8 Å². The van der Waals surface area contributed by atoms with Gasteiger partial charge in [-0.1, -0.05) is 32.9 Å². The highest BCUT2D eigenvalue weighted by Gasteiger charge is 2.50. The van der Waals surface area contributed by atoms with E-state index in [1.54, 1.807) is 60.0 Å². The van der Waals surface area contributed by atoms with Crippen molar-refractivity contribution >= 4 is 61.9 Å². The predicted octanol–water partition coefficient (Wildman–Crippen LogP) is 3.75. The lowest BCUT2D eigenvalue weighted by molar-refractivity contribution is -0.160. The number of hydrogen-bond acceptors (Lipinski definition) is 13. The van der Waals surface area contributed by atoms with Crippen molar-refractivity contribution in [2.24, 2.45) is 10.6 Å². The second-order valence-corrected chi connectivity index (χ2v) is 17.6. The Bertz CT molecular complexity index is 1330. The van der Waals surface area contributed by atoms with E-state index in [4.69, 9.17) is 23.8 Å². The number of anilines is 1. The standard InChI is InChI=1S/C30H49N5O10SSi/c1-16(2)43-27(40)41-13-19-22(24(38)35(19)47-17(3)28(4,5)6)32-23(37)21(34-42-14-20(36)44-29(7,8)9)18-15-46-25(31-18)33-26(39)45-30(10,11)12/h15-17,19,22H,13-14,47H2,1-12H3,(H,32,37)(H,31,33,39). The van der Waals surface area contributed by atoms with E-state index in [9.17, 15) is 24.0 Å². The number of carbonyl (C=O) groups is 5. The summed E-state index contributed by atoms with van der Waals surface area (Å²) >= 11 is 0.990. The molecule has 3 amide bonds. The van der Waals surface area contributed by atoms with Gasteiger partial charge in [-0.25, -0.2) is 19.4 Å². The molecule has 0 aliphatic carbocycles. The van der Waals surface area contributed by atoms with Crippen LogP contribution in [0.25, 0.3) is 0 Å². The molecule has 0 bridgehead atoms. The molecular formula is C30H49N5O10SSi. The maximum absolute atomic E-state index is 13.7. The van der Waals surface area contributed by atoms with Crippen molar-refractivity contribution < 1.29 is 47.8 Å². The van der Waals surface area contributed by atoms with E-state index in [0.29, 0.717) is 0 Å². The van der Waals surface area contributed by atoms with Crippen molar-refractivity contribution in [3.05, 3.63) is 11.1 Å². The number of aromatic nitrogens is 1. The second kappa shape index (κ2) is 15.9. The van der Waals surface area contributed by atoms with E-state index >= 15 is 0 Å². The quantitative estimate of drug-likeness (QED) is 0.0809. The van der Waals surface area contributed by atoms with Crippen molar-refractivity contribution in [1.29, 1.82) is 0 Å². The Labute approximate surface area is 282 Å². The Morgan fingerprint density at radius 2 is 1.64 bits per heavy atom. The summed E-state index contributed by atoms with van der Waals surface area (Å²) in [4.78, 5) is 73.1. The summed E-state index contributed by atoms with van der Waals surface area (Å²) in [5, 5.41) is 10.6. The second-order valence-electron chi connectivity index (χ2n) is 14.5. The largest absolute Gasteiger partial charge is 0.508 e. The Hall–Kier alpha value is -3.73. The maximum atomic E-state index is 13.7. The van der Waals surface area contributed by atoms with Gasteiger partial charge in [0.25, 0.3) is 5.91 Å². The van der Waals surface area contributed by atoms with Crippen LogP contribution < -0.4 is 10.6 Å². The monoisotopic (exact) mass is 699 g/mol. The number of nitrogens with zero attached hydrogens (tertiary/aromatic N) is 3. The molecule has 0 radical (unpaired) electrons. The molecule has 1 aliphatic heterocycles. The van der Waals surface area contributed by atoms with Gasteiger partial charge in [0.15, 0.2) is 10.8 Å². The summed E-state index contributed by atoms with van der Waals surface area (Å²) in [6.45, 7) is 21.0. The molecule has 2 heterocycles. The minimum Gasteiger partial charge on any atom is -0.457 e. The van der Waals surface area contributed by atoms with Gasteiger partial charge in [-0.2, -0.15) is 0 Å². The molecule has 1 aromatic heterocycles. The molecule has 47 heavy (non-hydrogen) atoms. The molecule has 1 saturated heterocycles. The van der Waals surface area contributed by atoms with E-state index in [0.717, 1.165) is 11.3 Å². The first kappa shape index (κ1) is 39.4. The van der Waals surface area contributed by atoms with Crippen LogP contribution in [0.3, 0.4) is 0 Å². The van der Waals surface area contributed by atoms with Crippen LogP contribution >= 0.6 is 11.3 Å². The van der Waals surface area contributed by atoms with Gasteiger partial charge in [0, 0.05) is 5.38 Å². The van der Waals surface area contributed by atoms with E-state index in [1.165, 1.54) is 5.38 Å². The van der Waals surface area contributed by atoms with Crippen molar-refractivity contribution in [3.63, 3.8) is 0 Å². The number of esters is 1. The number of ether oxygens (including phenoxy) is 4. The molecule has 17 heteroatoms. The molecule has 1 aromatic rings. The summed E-state index contributed by atoms with van der Waals surface area (Å²) < 4.78 is 22.5. The Morgan fingerprint density at radius 1 is 1.02 bits per heavy atom. The van der Waals surface area contributed by atoms with Crippen molar-refractivity contribution in [3.8, 4) is 0 Å². The average molecular weight is 700 g/mol. The van der Waals surface area contributed by atoms with Crippen LogP contribution in [-0.2, 0) is 38.2 Å². The molecule has 2 N–H and O–H groups in total. The highest BCUT2D eigenvalue weighted by atomic mass is 32.1. The van der Waals surface area contributed by atoms with Gasteiger partial charge in [0.1, 0.15) is 39.2 Å². The van der Waals surface area contributed by atoms with Crippen LogP contribution in [0.15, 0.2) is 10.5 Å². The molecular weight excluding hydrogens is 651 g/mol. The van der Waals surface area contributed by atoms with Gasteiger partial charge in [-0.3, -0.25) is 14.9 Å². The number of thiazole rings is 1. The lowest BCUT2D eigenvalue weighted by atomic mass is 9.93. The fourth-order valence-corrected chi connectivity index (χ4v) is 6.67.